The van der Waals surface area contributed by atoms with Crippen molar-refractivity contribution in [3.05, 3.63) is 40.8 Å². The van der Waals surface area contributed by atoms with Gasteiger partial charge in [0.05, 0.1) is 11.5 Å². The SMILES string of the molecule is O=C(CCCN1C(=O)SC(=Cc2ccccc2)C1=O)NCCO. The average Bonchev–Trinajstić information content (AvgIpc) is 2.81. The molecule has 1 aromatic rings. The molecule has 7 heteroatoms. The van der Waals surface area contributed by atoms with Crippen LogP contribution in [0.3, 0.4) is 0 Å². The minimum Gasteiger partial charge on any atom is -0.395 e. The average molecular weight is 334 g/mol. The molecule has 2 rings (SSSR count). The number of hydrogen-bond acceptors (Lipinski definition) is 5. The van der Waals surface area contributed by atoms with Crippen LogP contribution >= 0.6 is 11.8 Å². The molecule has 0 bridgehead atoms. The van der Waals surface area contributed by atoms with Crippen LogP contribution in [0.5, 0.6) is 0 Å². The highest BCUT2D eigenvalue weighted by Gasteiger charge is 2.34. The first kappa shape index (κ1) is 17.2. The summed E-state index contributed by atoms with van der Waals surface area (Å²) in [5.74, 6) is -0.523. The number of amides is 3. The molecule has 1 aliphatic rings. The van der Waals surface area contributed by atoms with E-state index in [0.29, 0.717) is 11.3 Å². The predicted molar refractivity (Wildman–Crippen MR) is 88.4 cm³/mol. The van der Waals surface area contributed by atoms with Crippen molar-refractivity contribution >= 4 is 34.9 Å². The number of imide groups is 1. The summed E-state index contributed by atoms with van der Waals surface area (Å²) >= 11 is 0.914. The number of benzene rings is 1. The Morgan fingerprint density at radius 2 is 2.00 bits per heavy atom. The van der Waals surface area contributed by atoms with Crippen LogP contribution in [0, 0.1) is 0 Å². The number of rotatable bonds is 7. The second-order valence-corrected chi connectivity index (χ2v) is 5.91. The number of carbonyl (C=O) groups excluding carboxylic acids is 3. The van der Waals surface area contributed by atoms with Gasteiger partial charge in [0.2, 0.25) is 5.91 Å². The first-order valence-electron chi connectivity index (χ1n) is 7.30. The molecule has 3 amide bonds. The van der Waals surface area contributed by atoms with Crippen LogP contribution in [0.25, 0.3) is 6.08 Å². The van der Waals surface area contributed by atoms with E-state index in [0.717, 1.165) is 17.3 Å². The fourth-order valence-electron chi connectivity index (χ4n) is 2.07. The Bertz CT molecular complexity index is 616. The quantitative estimate of drug-likeness (QED) is 0.740. The lowest BCUT2D eigenvalue weighted by Crippen LogP contribution is -2.31. The second-order valence-electron chi connectivity index (χ2n) is 4.92. The van der Waals surface area contributed by atoms with Gasteiger partial charge in [-0.1, -0.05) is 30.3 Å². The van der Waals surface area contributed by atoms with Gasteiger partial charge in [-0.25, -0.2) is 0 Å². The first-order chi connectivity index (χ1) is 11.1. The van der Waals surface area contributed by atoms with Gasteiger partial charge in [-0.05, 0) is 29.8 Å². The third-order valence-electron chi connectivity index (χ3n) is 3.19. The fourth-order valence-corrected chi connectivity index (χ4v) is 2.94. The van der Waals surface area contributed by atoms with Crippen molar-refractivity contribution in [1.29, 1.82) is 0 Å². The molecular formula is C16H18N2O4S. The second kappa shape index (κ2) is 8.50. The van der Waals surface area contributed by atoms with Gasteiger partial charge in [0.15, 0.2) is 0 Å². The fraction of sp³-hybridized carbons (Fsp3) is 0.312. The van der Waals surface area contributed by atoms with E-state index in [-0.39, 0.29) is 43.2 Å². The zero-order chi connectivity index (χ0) is 16.7. The Morgan fingerprint density at radius 1 is 1.26 bits per heavy atom. The van der Waals surface area contributed by atoms with E-state index in [2.05, 4.69) is 5.32 Å². The maximum Gasteiger partial charge on any atom is 0.293 e. The van der Waals surface area contributed by atoms with Crippen LogP contribution in [0.4, 0.5) is 4.79 Å². The molecular weight excluding hydrogens is 316 g/mol. The summed E-state index contributed by atoms with van der Waals surface area (Å²) in [6.45, 7) is 0.308. The van der Waals surface area contributed by atoms with E-state index in [9.17, 15) is 14.4 Å². The smallest absolute Gasteiger partial charge is 0.293 e. The Balaban J connectivity index is 1.89. The maximum atomic E-state index is 12.3. The van der Waals surface area contributed by atoms with Crippen LogP contribution in [-0.4, -0.2) is 46.8 Å². The number of nitrogens with zero attached hydrogens (tertiary/aromatic N) is 1. The van der Waals surface area contributed by atoms with Crippen molar-refractivity contribution in [1.82, 2.24) is 10.2 Å². The van der Waals surface area contributed by atoms with Crippen molar-refractivity contribution in [2.75, 3.05) is 19.7 Å². The zero-order valence-corrected chi connectivity index (χ0v) is 13.3. The number of aliphatic hydroxyl groups is 1. The summed E-state index contributed by atoms with van der Waals surface area (Å²) in [4.78, 5) is 37.2. The van der Waals surface area contributed by atoms with Crippen LogP contribution in [0.2, 0.25) is 0 Å². The summed E-state index contributed by atoms with van der Waals surface area (Å²) in [6.07, 6.45) is 2.30. The van der Waals surface area contributed by atoms with Gasteiger partial charge < -0.3 is 10.4 Å². The Morgan fingerprint density at radius 3 is 2.70 bits per heavy atom. The predicted octanol–water partition coefficient (Wildman–Crippen LogP) is 1.61. The molecule has 23 heavy (non-hydrogen) atoms. The molecule has 0 unspecified atom stereocenters. The van der Waals surface area contributed by atoms with Crippen LogP contribution in [0.15, 0.2) is 35.2 Å². The molecule has 1 saturated heterocycles. The number of thioether (sulfide) groups is 1. The first-order valence-corrected chi connectivity index (χ1v) is 8.11. The molecule has 1 fully saturated rings. The standard InChI is InChI=1S/C16H18N2O4S/c19-10-8-17-14(20)7-4-9-18-15(21)13(23-16(18)22)11-12-5-2-1-3-6-12/h1-3,5-6,11,19H,4,7-10H2,(H,17,20). The molecule has 0 atom stereocenters. The van der Waals surface area contributed by atoms with Crippen LogP contribution in [0.1, 0.15) is 18.4 Å². The van der Waals surface area contributed by atoms with E-state index >= 15 is 0 Å². The lowest BCUT2D eigenvalue weighted by atomic mass is 10.2. The molecule has 122 valence electrons. The van der Waals surface area contributed by atoms with Gasteiger partial charge in [0.1, 0.15) is 0 Å². The largest absolute Gasteiger partial charge is 0.395 e. The monoisotopic (exact) mass is 334 g/mol. The molecule has 6 nitrogen and oxygen atoms in total. The van der Waals surface area contributed by atoms with Gasteiger partial charge in [-0.15, -0.1) is 0 Å². The molecule has 1 aliphatic heterocycles. The Labute approximate surface area is 138 Å². The minimum absolute atomic E-state index is 0.112. The van der Waals surface area contributed by atoms with Crippen molar-refractivity contribution in [2.24, 2.45) is 0 Å². The third-order valence-corrected chi connectivity index (χ3v) is 4.10. The van der Waals surface area contributed by atoms with E-state index < -0.39 is 0 Å². The number of carbonyl (C=O) groups is 3. The van der Waals surface area contributed by atoms with Crippen LogP contribution < -0.4 is 5.32 Å². The number of hydrogen-bond donors (Lipinski definition) is 2. The van der Waals surface area contributed by atoms with E-state index in [1.54, 1.807) is 6.08 Å². The number of aliphatic hydroxyl groups excluding tert-OH is 1. The normalized spacial score (nSPS) is 16.2. The van der Waals surface area contributed by atoms with Crippen molar-refractivity contribution in [3.63, 3.8) is 0 Å². The molecule has 0 radical (unpaired) electrons. The third kappa shape index (κ3) is 4.94. The lowest BCUT2D eigenvalue weighted by molar-refractivity contribution is -0.124. The molecule has 0 aromatic heterocycles. The minimum atomic E-state index is -0.320. The van der Waals surface area contributed by atoms with E-state index in [1.165, 1.54) is 4.90 Å². The summed E-state index contributed by atoms with van der Waals surface area (Å²) in [7, 11) is 0. The van der Waals surface area contributed by atoms with Crippen molar-refractivity contribution in [2.45, 2.75) is 12.8 Å². The molecule has 0 saturated carbocycles. The van der Waals surface area contributed by atoms with Gasteiger partial charge in [0.25, 0.3) is 11.1 Å². The topological polar surface area (TPSA) is 86.7 Å². The summed E-state index contributed by atoms with van der Waals surface area (Å²) < 4.78 is 0. The van der Waals surface area contributed by atoms with E-state index in [1.807, 2.05) is 30.3 Å². The Kier molecular flexibility index (Phi) is 6.37. The lowest BCUT2D eigenvalue weighted by Gasteiger charge is -2.11. The van der Waals surface area contributed by atoms with Crippen molar-refractivity contribution < 1.29 is 19.5 Å². The number of nitrogens with one attached hydrogen (secondary N) is 1. The molecule has 1 aromatic carbocycles. The summed E-state index contributed by atoms with van der Waals surface area (Å²) in [6, 6.07) is 9.33. The van der Waals surface area contributed by atoms with Gasteiger partial charge in [0, 0.05) is 19.5 Å². The highest BCUT2D eigenvalue weighted by molar-refractivity contribution is 8.18. The Hall–Kier alpha value is -2.12. The molecule has 2 N–H and O–H groups in total. The summed E-state index contributed by atoms with van der Waals surface area (Å²) in [5.41, 5.74) is 0.862. The van der Waals surface area contributed by atoms with Gasteiger partial charge >= 0.3 is 0 Å². The van der Waals surface area contributed by atoms with Crippen LogP contribution in [-0.2, 0) is 9.59 Å². The van der Waals surface area contributed by atoms with E-state index in [4.69, 9.17) is 5.11 Å². The summed E-state index contributed by atoms with van der Waals surface area (Å²) in [5, 5.41) is 10.8. The highest BCUT2D eigenvalue weighted by Crippen LogP contribution is 2.32. The molecule has 0 aliphatic carbocycles. The molecule has 0 spiro atoms. The molecule has 1 heterocycles. The van der Waals surface area contributed by atoms with Gasteiger partial charge in [-0.2, -0.15) is 0 Å². The maximum absolute atomic E-state index is 12.3. The van der Waals surface area contributed by atoms with Gasteiger partial charge in [-0.3, -0.25) is 19.3 Å². The zero-order valence-electron chi connectivity index (χ0n) is 12.5. The highest BCUT2D eigenvalue weighted by atomic mass is 32.2. The van der Waals surface area contributed by atoms with Crippen molar-refractivity contribution in [3.8, 4) is 0 Å².